The van der Waals surface area contributed by atoms with E-state index in [1.807, 2.05) is 0 Å². The molecule has 0 radical (unpaired) electrons. The van der Waals surface area contributed by atoms with Crippen LogP contribution in [0.4, 0.5) is 23.5 Å². The molecule has 110 valence electrons. The number of hydrogen-bond acceptors (Lipinski definition) is 3. The van der Waals surface area contributed by atoms with E-state index in [0.29, 0.717) is 19.5 Å². The van der Waals surface area contributed by atoms with Crippen LogP contribution in [0.25, 0.3) is 0 Å². The van der Waals surface area contributed by atoms with Crippen LogP contribution in [0.3, 0.4) is 0 Å². The molecule has 0 N–H and O–H groups in total. The number of aromatic nitrogens is 2. The van der Waals surface area contributed by atoms with Crippen molar-refractivity contribution in [3.05, 3.63) is 53.1 Å². The number of nitrogens with zero attached hydrogens (tertiary/aromatic N) is 3. The van der Waals surface area contributed by atoms with Gasteiger partial charge in [-0.3, -0.25) is 0 Å². The summed E-state index contributed by atoms with van der Waals surface area (Å²) in [5, 5.41) is 0. The second-order valence-corrected chi connectivity index (χ2v) is 4.82. The Kier molecular flexibility index (Phi) is 3.27. The summed E-state index contributed by atoms with van der Waals surface area (Å²) in [4.78, 5) is 9.14. The van der Waals surface area contributed by atoms with Gasteiger partial charge in [0.25, 0.3) is 0 Å². The lowest BCUT2D eigenvalue weighted by molar-refractivity contribution is -0.141. The van der Waals surface area contributed by atoms with E-state index in [1.165, 1.54) is 12.1 Å². The molecule has 0 bridgehead atoms. The summed E-state index contributed by atoms with van der Waals surface area (Å²) < 4.78 is 51.1. The van der Waals surface area contributed by atoms with Crippen molar-refractivity contribution in [1.82, 2.24) is 9.97 Å². The number of alkyl halides is 3. The van der Waals surface area contributed by atoms with Crippen LogP contribution in [0.2, 0.25) is 0 Å². The lowest BCUT2D eigenvalue weighted by atomic mass is 10.00. The Morgan fingerprint density at radius 3 is 2.67 bits per heavy atom. The van der Waals surface area contributed by atoms with Crippen molar-refractivity contribution >= 4 is 5.95 Å². The lowest BCUT2D eigenvalue weighted by Crippen LogP contribution is -2.32. The summed E-state index contributed by atoms with van der Waals surface area (Å²) in [5.41, 5.74) is 0.791. The summed E-state index contributed by atoms with van der Waals surface area (Å²) in [6, 6.07) is 5.29. The van der Waals surface area contributed by atoms with Crippen molar-refractivity contribution in [2.45, 2.75) is 19.1 Å². The molecule has 0 saturated carbocycles. The van der Waals surface area contributed by atoms with Crippen LogP contribution in [0, 0.1) is 5.82 Å². The predicted octanol–water partition coefficient (Wildman–Crippen LogP) is 3.20. The van der Waals surface area contributed by atoms with Crippen LogP contribution in [0.15, 0.2) is 30.5 Å². The molecule has 2 heterocycles. The van der Waals surface area contributed by atoms with Gasteiger partial charge in [0.1, 0.15) is 11.5 Å². The van der Waals surface area contributed by atoms with E-state index in [2.05, 4.69) is 9.97 Å². The van der Waals surface area contributed by atoms with E-state index in [1.54, 1.807) is 11.0 Å². The van der Waals surface area contributed by atoms with Gasteiger partial charge in [0.05, 0.1) is 0 Å². The number of anilines is 1. The second kappa shape index (κ2) is 4.98. The minimum Gasteiger partial charge on any atom is -0.336 e. The predicted molar refractivity (Wildman–Crippen MR) is 68.2 cm³/mol. The zero-order valence-corrected chi connectivity index (χ0v) is 10.9. The maximum atomic E-state index is 13.1. The summed E-state index contributed by atoms with van der Waals surface area (Å²) >= 11 is 0. The van der Waals surface area contributed by atoms with Crippen molar-refractivity contribution in [3.8, 4) is 0 Å². The highest BCUT2D eigenvalue weighted by molar-refractivity contribution is 5.40. The summed E-state index contributed by atoms with van der Waals surface area (Å²) in [5.74, 6) is -0.266. The molecule has 0 aliphatic carbocycles. The quantitative estimate of drug-likeness (QED) is 0.757. The Labute approximate surface area is 118 Å². The third kappa shape index (κ3) is 2.81. The molecule has 0 fully saturated rings. The van der Waals surface area contributed by atoms with Crippen LogP contribution in [0.1, 0.15) is 16.8 Å². The Bertz CT molecular complexity index is 670. The molecule has 2 aromatic rings. The van der Waals surface area contributed by atoms with E-state index in [0.717, 1.165) is 23.4 Å². The minimum absolute atomic E-state index is 0.0415. The molecule has 1 aromatic heterocycles. The highest BCUT2D eigenvalue weighted by atomic mass is 19.4. The molecule has 1 aliphatic rings. The van der Waals surface area contributed by atoms with Crippen LogP contribution >= 0.6 is 0 Å². The maximum Gasteiger partial charge on any atom is 0.433 e. The van der Waals surface area contributed by atoms with Crippen LogP contribution < -0.4 is 4.90 Å². The number of fused-ring (bicyclic) bond motifs is 1. The fourth-order valence-corrected chi connectivity index (χ4v) is 2.35. The normalized spacial score (nSPS) is 15.0. The van der Waals surface area contributed by atoms with Crippen LogP contribution in [-0.4, -0.2) is 16.5 Å². The Morgan fingerprint density at radius 2 is 1.90 bits per heavy atom. The van der Waals surface area contributed by atoms with Gasteiger partial charge >= 0.3 is 6.18 Å². The van der Waals surface area contributed by atoms with Gasteiger partial charge < -0.3 is 4.90 Å². The molecule has 0 amide bonds. The van der Waals surface area contributed by atoms with E-state index in [9.17, 15) is 17.6 Å². The fourth-order valence-electron chi connectivity index (χ4n) is 2.35. The first-order valence-corrected chi connectivity index (χ1v) is 6.36. The zero-order valence-electron chi connectivity index (χ0n) is 10.9. The lowest BCUT2D eigenvalue weighted by Gasteiger charge is -2.29. The minimum atomic E-state index is -4.49. The molecule has 21 heavy (non-hydrogen) atoms. The molecule has 0 unspecified atom stereocenters. The Balaban J connectivity index is 1.88. The standard InChI is InChI=1S/C14H11F4N3/c15-11-2-1-10-8-21(6-4-9(10)7-11)13-19-5-3-12(20-13)14(16,17)18/h1-3,5,7H,4,6,8H2. The van der Waals surface area contributed by atoms with E-state index in [4.69, 9.17) is 0 Å². The molecule has 3 rings (SSSR count). The average molecular weight is 297 g/mol. The maximum absolute atomic E-state index is 13.1. The van der Waals surface area contributed by atoms with Gasteiger partial charge in [0.2, 0.25) is 5.95 Å². The zero-order chi connectivity index (χ0) is 15.0. The Hall–Kier alpha value is -2.18. The first-order chi connectivity index (χ1) is 9.93. The second-order valence-electron chi connectivity index (χ2n) is 4.82. The third-order valence-corrected chi connectivity index (χ3v) is 3.40. The molecule has 1 aromatic carbocycles. The first-order valence-electron chi connectivity index (χ1n) is 6.36. The summed E-state index contributed by atoms with van der Waals surface area (Å²) in [6.45, 7) is 0.828. The molecular weight excluding hydrogens is 286 g/mol. The molecule has 1 aliphatic heterocycles. The van der Waals surface area contributed by atoms with Crippen molar-refractivity contribution in [1.29, 1.82) is 0 Å². The molecule has 7 heteroatoms. The number of hydrogen-bond donors (Lipinski definition) is 0. The first kappa shape index (κ1) is 13.8. The van der Waals surface area contributed by atoms with Gasteiger partial charge in [-0.2, -0.15) is 13.2 Å². The molecule has 0 atom stereocenters. The summed E-state index contributed by atoms with van der Waals surface area (Å²) in [6.07, 6.45) is -2.84. The van der Waals surface area contributed by atoms with Gasteiger partial charge in [-0.25, -0.2) is 14.4 Å². The van der Waals surface area contributed by atoms with Crippen LogP contribution in [-0.2, 0) is 19.1 Å². The topological polar surface area (TPSA) is 29.0 Å². The number of halogens is 4. The third-order valence-electron chi connectivity index (χ3n) is 3.40. The highest BCUT2D eigenvalue weighted by Gasteiger charge is 2.33. The van der Waals surface area contributed by atoms with Crippen molar-refractivity contribution in [2.75, 3.05) is 11.4 Å². The van der Waals surface area contributed by atoms with Gasteiger partial charge in [0.15, 0.2) is 0 Å². The van der Waals surface area contributed by atoms with Crippen LogP contribution in [0.5, 0.6) is 0 Å². The van der Waals surface area contributed by atoms with Gasteiger partial charge in [-0.1, -0.05) is 6.07 Å². The fraction of sp³-hybridized carbons (Fsp3) is 0.286. The number of rotatable bonds is 1. The highest BCUT2D eigenvalue weighted by Crippen LogP contribution is 2.29. The molecule has 0 spiro atoms. The van der Waals surface area contributed by atoms with Gasteiger partial charge in [-0.15, -0.1) is 0 Å². The number of benzene rings is 1. The van der Waals surface area contributed by atoms with Crippen molar-refractivity contribution < 1.29 is 17.6 Å². The molecule has 0 saturated heterocycles. The monoisotopic (exact) mass is 297 g/mol. The molecular formula is C14H11F4N3. The summed E-state index contributed by atoms with van der Waals surface area (Å²) in [7, 11) is 0. The Morgan fingerprint density at radius 1 is 1.10 bits per heavy atom. The SMILES string of the molecule is Fc1ccc2c(c1)CCN(c1nccc(C(F)(F)F)n1)C2. The largest absolute Gasteiger partial charge is 0.433 e. The average Bonchev–Trinajstić information content (AvgIpc) is 2.46. The van der Waals surface area contributed by atoms with E-state index in [-0.39, 0.29) is 11.8 Å². The molecule has 3 nitrogen and oxygen atoms in total. The smallest absolute Gasteiger partial charge is 0.336 e. The van der Waals surface area contributed by atoms with Gasteiger partial charge in [-0.05, 0) is 35.7 Å². The van der Waals surface area contributed by atoms with Gasteiger partial charge in [0, 0.05) is 19.3 Å². The van der Waals surface area contributed by atoms with Crippen molar-refractivity contribution in [2.24, 2.45) is 0 Å². The van der Waals surface area contributed by atoms with E-state index >= 15 is 0 Å². The van der Waals surface area contributed by atoms with Crippen molar-refractivity contribution in [3.63, 3.8) is 0 Å². The van der Waals surface area contributed by atoms with E-state index < -0.39 is 11.9 Å².